The van der Waals surface area contributed by atoms with E-state index in [2.05, 4.69) is 11.8 Å². The van der Waals surface area contributed by atoms with Crippen LogP contribution >= 0.6 is 0 Å². The number of hydrogen-bond donors (Lipinski definition) is 1. The summed E-state index contributed by atoms with van der Waals surface area (Å²) in [6.07, 6.45) is 9.85. The lowest BCUT2D eigenvalue weighted by molar-refractivity contribution is -0.0674. The van der Waals surface area contributed by atoms with Gasteiger partial charge in [0.1, 0.15) is 0 Å². The Hall–Kier alpha value is -0.120. The number of nitrogens with two attached hydrogens (primary N) is 1. The van der Waals surface area contributed by atoms with E-state index in [1.165, 1.54) is 44.9 Å². The fourth-order valence-electron chi connectivity index (χ4n) is 3.46. The Kier molecular flexibility index (Phi) is 4.83. The van der Waals surface area contributed by atoms with Crippen molar-refractivity contribution in [3.05, 3.63) is 0 Å². The molecule has 3 heteroatoms. The minimum absolute atomic E-state index is 0.276. The van der Waals surface area contributed by atoms with Crippen LogP contribution in [0.2, 0.25) is 0 Å². The van der Waals surface area contributed by atoms with E-state index in [0.717, 1.165) is 26.2 Å². The van der Waals surface area contributed by atoms with E-state index in [1.807, 2.05) is 0 Å². The maximum atomic E-state index is 6.15. The van der Waals surface area contributed by atoms with Crippen LogP contribution in [-0.2, 0) is 4.74 Å². The summed E-state index contributed by atoms with van der Waals surface area (Å²) in [5, 5.41) is 0. The number of rotatable bonds is 2. The molecule has 0 aromatic heterocycles. The summed E-state index contributed by atoms with van der Waals surface area (Å²) >= 11 is 0. The van der Waals surface area contributed by atoms with Crippen molar-refractivity contribution in [1.29, 1.82) is 0 Å². The van der Waals surface area contributed by atoms with Gasteiger partial charge in [0.05, 0.1) is 12.7 Å². The molecule has 1 aliphatic heterocycles. The minimum atomic E-state index is 0.276. The molecule has 3 nitrogen and oxygen atoms in total. The lowest BCUT2D eigenvalue weighted by Crippen LogP contribution is -2.59. The predicted octanol–water partition coefficient (Wildman–Crippen LogP) is 2.15. The maximum absolute atomic E-state index is 6.15. The molecule has 2 N–H and O–H groups in total. The topological polar surface area (TPSA) is 38.5 Å². The predicted molar refractivity (Wildman–Crippen MR) is 71.1 cm³/mol. The number of nitrogens with zero attached hydrogens (tertiary/aromatic N) is 1. The van der Waals surface area contributed by atoms with E-state index in [4.69, 9.17) is 10.5 Å². The van der Waals surface area contributed by atoms with Crippen molar-refractivity contribution in [3.8, 4) is 0 Å². The fraction of sp³-hybridized carbons (Fsp3) is 1.00. The molecule has 1 unspecified atom stereocenters. The molecule has 2 rings (SSSR count). The second-order valence-electron chi connectivity index (χ2n) is 5.82. The third kappa shape index (κ3) is 3.21. The van der Waals surface area contributed by atoms with E-state index in [-0.39, 0.29) is 5.54 Å². The van der Waals surface area contributed by atoms with Crippen LogP contribution in [0, 0.1) is 0 Å². The monoisotopic (exact) mass is 240 g/mol. The third-order valence-corrected chi connectivity index (χ3v) is 4.58. The molecule has 0 bridgehead atoms. The van der Waals surface area contributed by atoms with Gasteiger partial charge in [-0.2, -0.15) is 0 Å². The Morgan fingerprint density at radius 2 is 1.82 bits per heavy atom. The minimum Gasteiger partial charge on any atom is -0.376 e. The zero-order valence-corrected chi connectivity index (χ0v) is 11.3. The molecule has 0 aromatic carbocycles. The first-order valence-electron chi connectivity index (χ1n) is 7.33. The van der Waals surface area contributed by atoms with Crippen molar-refractivity contribution in [2.24, 2.45) is 5.73 Å². The third-order valence-electron chi connectivity index (χ3n) is 4.58. The number of ether oxygens (including phenoxy) is 1. The van der Waals surface area contributed by atoms with Crippen LogP contribution in [-0.4, -0.2) is 42.8 Å². The summed E-state index contributed by atoms with van der Waals surface area (Å²) in [4.78, 5) is 2.63. The van der Waals surface area contributed by atoms with Crippen molar-refractivity contribution in [1.82, 2.24) is 4.90 Å². The SMILES string of the molecule is CC1CN(C2(CN)CCCCCCC2)CCO1. The lowest BCUT2D eigenvalue weighted by Gasteiger charge is -2.47. The first-order chi connectivity index (χ1) is 8.27. The Morgan fingerprint density at radius 3 is 2.41 bits per heavy atom. The zero-order valence-electron chi connectivity index (χ0n) is 11.3. The van der Waals surface area contributed by atoms with Gasteiger partial charge in [-0.3, -0.25) is 4.90 Å². The van der Waals surface area contributed by atoms with E-state index < -0.39 is 0 Å². The molecule has 1 heterocycles. The summed E-state index contributed by atoms with van der Waals surface area (Å²) in [5.41, 5.74) is 6.43. The molecule has 0 radical (unpaired) electrons. The van der Waals surface area contributed by atoms with Crippen molar-refractivity contribution in [3.63, 3.8) is 0 Å². The average molecular weight is 240 g/mol. The lowest BCUT2D eigenvalue weighted by atomic mass is 9.82. The summed E-state index contributed by atoms with van der Waals surface area (Å²) < 4.78 is 5.66. The molecule has 0 spiro atoms. The van der Waals surface area contributed by atoms with Crippen molar-refractivity contribution in [2.45, 2.75) is 63.5 Å². The van der Waals surface area contributed by atoms with Gasteiger partial charge in [0.15, 0.2) is 0 Å². The average Bonchev–Trinajstić information content (AvgIpc) is 2.29. The summed E-state index contributed by atoms with van der Waals surface area (Å²) in [7, 11) is 0. The summed E-state index contributed by atoms with van der Waals surface area (Å²) in [6.45, 7) is 6.01. The standard InChI is InChI=1S/C14H28N2O/c1-13-11-16(9-10-17-13)14(12-15)7-5-3-2-4-6-8-14/h13H,2-12,15H2,1H3. The van der Waals surface area contributed by atoms with Crippen molar-refractivity contribution in [2.75, 3.05) is 26.2 Å². The van der Waals surface area contributed by atoms with E-state index in [0.29, 0.717) is 6.10 Å². The number of morpholine rings is 1. The summed E-state index contributed by atoms with van der Waals surface area (Å²) in [5.74, 6) is 0. The largest absolute Gasteiger partial charge is 0.376 e. The molecule has 1 atom stereocenters. The molecule has 2 aliphatic rings. The number of hydrogen-bond acceptors (Lipinski definition) is 3. The van der Waals surface area contributed by atoms with Gasteiger partial charge >= 0.3 is 0 Å². The molecule has 1 aliphatic carbocycles. The van der Waals surface area contributed by atoms with Gasteiger partial charge in [-0.15, -0.1) is 0 Å². The highest BCUT2D eigenvalue weighted by Gasteiger charge is 2.37. The highest BCUT2D eigenvalue weighted by Crippen LogP contribution is 2.32. The Bertz CT molecular complexity index is 224. The van der Waals surface area contributed by atoms with Crippen LogP contribution in [0.1, 0.15) is 51.9 Å². The summed E-state index contributed by atoms with van der Waals surface area (Å²) in [6, 6.07) is 0. The van der Waals surface area contributed by atoms with Crippen LogP contribution in [0.3, 0.4) is 0 Å². The molecule has 2 fully saturated rings. The van der Waals surface area contributed by atoms with Crippen LogP contribution in [0.25, 0.3) is 0 Å². The van der Waals surface area contributed by atoms with Gasteiger partial charge in [-0.25, -0.2) is 0 Å². The molecule has 100 valence electrons. The second kappa shape index (κ2) is 6.17. The van der Waals surface area contributed by atoms with Gasteiger partial charge in [0, 0.05) is 25.2 Å². The smallest absolute Gasteiger partial charge is 0.0674 e. The van der Waals surface area contributed by atoms with Crippen LogP contribution in [0.15, 0.2) is 0 Å². The zero-order chi connectivity index (χ0) is 12.1. The van der Waals surface area contributed by atoms with Gasteiger partial charge in [0.25, 0.3) is 0 Å². The fourth-order valence-corrected chi connectivity index (χ4v) is 3.46. The molecule has 17 heavy (non-hydrogen) atoms. The molecule has 0 amide bonds. The molecular formula is C14H28N2O. The molecule has 1 saturated carbocycles. The van der Waals surface area contributed by atoms with Crippen LogP contribution in [0.4, 0.5) is 0 Å². The first kappa shape index (κ1) is 13.3. The van der Waals surface area contributed by atoms with Crippen LogP contribution < -0.4 is 5.73 Å². The quantitative estimate of drug-likeness (QED) is 0.804. The van der Waals surface area contributed by atoms with Gasteiger partial charge in [-0.1, -0.05) is 32.1 Å². The normalized spacial score (nSPS) is 31.8. The molecule has 0 aromatic rings. The van der Waals surface area contributed by atoms with Gasteiger partial charge in [-0.05, 0) is 19.8 Å². The molecule has 1 saturated heterocycles. The van der Waals surface area contributed by atoms with Crippen molar-refractivity contribution >= 4 is 0 Å². The maximum Gasteiger partial charge on any atom is 0.0674 e. The van der Waals surface area contributed by atoms with Crippen molar-refractivity contribution < 1.29 is 4.74 Å². The van der Waals surface area contributed by atoms with Gasteiger partial charge < -0.3 is 10.5 Å². The first-order valence-corrected chi connectivity index (χ1v) is 7.33. The van der Waals surface area contributed by atoms with Crippen LogP contribution in [0.5, 0.6) is 0 Å². The second-order valence-corrected chi connectivity index (χ2v) is 5.82. The molecular weight excluding hydrogens is 212 g/mol. The van der Waals surface area contributed by atoms with E-state index in [1.54, 1.807) is 0 Å². The van der Waals surface area contributed by atoms with E-state index in [9.17, 15) is 0 Å². The highest BCUT2D eigenvalue weighted by atomic mass is 16.5. The van der Waals surface area contributed by atoms with E-state index >= 15 is 0 Å². The Labute approximate surface area is 106 Å². The highest BCUT2D eigenvalue weighted by molar-refractivity contribution is 4.94. The Balaban J connectivity index is 2.04. The Morgan fingerprint density at radius 1 is 1.18 bits per heavy atom. The van der Waals surface area contributed by atoms with Gasteiger partial charge in [0.2, 0.25) is 0 Å².